The average Bonchev–Trinajstić information content (AvgIpc) is 3.59. The molecule has 1 saturated carbocycles. The van der Waals surface area contributed by atoms with Gasteiger partial charge in [-0.2, -0.15) is 0 Å². The number of carbonyl (C=O) groups is 1. The predicted octanol–water partition coefficient (Wildman–Crippen LogP) is 3.30. The molecule has 0 N–H and O–H groups in total. The zero-order valence-electron chi connectivity index (χ0n) is 15.7. The highest BCUT2D eigenvalue weighted by Gasteiger charge is 2.37. The summed E-state index contributed by atoms with van der Waals surface area (Å²) in [5.41, 5.74) is 0.561. The summed E-state index contributed by atoms with van der Waals surface area (Å²) in [6, 6.07) is 12.9. The van der Waals surface area contributed by atoms with E-state index in [1.807, 2.05) is 47.5 Å². The first kappa shape index (κ1) is 17.1. The van der Waals surface area contributed by atoms with Gasteiger partial charge in [-0.3, -0.25) is 9.78 Å². The normalized spacial score (nSPS) is 17.6. The van der Waals surface area contributed by atoms with Crippen molar-refractivity contribution in [2.24, 2.45) is 0 Å². The Balaban J connectivity index is 1.32. The molecule has 0 spiro atoms. The van der Waals surface area contributed by atoms with Crippen molar-refractivity contribution in [3.8, 4) is 0 Å². The fraction of sp³-hybridized carbons (Fsp3) is 0.364. The topological polar surface area (TPSA) is 62.2 Å². The number of hydrogen-bond acceptors (Lipinski definition) is 5. The van der Waals surface area contributed by atoms with Crippen LogP contribution in [0.4, 0.5) is 5.82 Å². The molecule has 28 heavy (non-hydrogen) atoms. The van der Waals surface area contributed by atoms with Crippen molar-refractivity contribution in [3.05, 3.63) is 60.8 Å². The highest BCUT2D eigenvalue weighted by molar-refractivity contribution is 6.05. The Kier molecular flexibility index (Phi) is 4.39. The molecule has 5 rings (SSSR count). The quantitative estimate of drug-likeness (QED) is 0.702. The summed E-state index contributed by atoms with van der Waals surface area (Å²) in [6.07, 6.45) is 9.52. The van der Waals surface area contributed by atoms with E-state index in [1.54, 1.807) is 12.5 Å². The second kappa shape index (κ2) is 7.19. The van der Waals surface area contributed by atoms with Gasteiger partial charge in [0.05, 0.1) is 0 Å². The molecule has 1 aliphatic carbocycles. The summed E-state index contributed by atoms with van der Waals surface area (Å²) < 4.78 is 0. The fourth-order valence-corrected chi connectivity index (χ4v) is 4.25. The van der Waals surface area contributed by atoms with E-state index in [2.05, 4.69) is 19.9 Å². The summed E-state index contributed by atoms with van der Waals surface area (Å²) in [4.78, 5) is 30.5. The maximum absolute atomic E-state index is 13.1. The van der Waals surface area contributed by atoms with Gasteiger partial charge in [0, 0.05) is 43.0 Å². The smallest absolute Gasteiger partial charge is 0.273 e. The van der Waals surface area contributed by atoms with Gasteiger partial charge in [0.25, 0.3) is 5.91 Å². The van der Waals surface area contributed by atoms with E-state index in [-0.39, 0.29) is 5.91 Å². The number of rotatable bonds is 4. The number of nitrogens with zero attached hydrogens (tertiary/aromatic N) is 5. The molecule has 142 valence electrons. The van der Waals surface area contributed by atoms with Crippen LogP contribution in [-0.4, -0.2) is 50.9 Å². The zero-order chi connectivity index (χ0) is 18.9. The van der Waals surface area contributed by atoms with Crippen LogP contribution in [0.5, 0.6) is 0 Å². The van der Waals surface area contributed by atoms with Crippen LogP contribution < -0.4 is 4.90 Å². The van der Waals surface area contributed by atoms with Crippen LogP contribution in [0.2, 0.25) is 0 Å². The highest BCUT2D eigenvalue weighted by Crippen LogP contribution is 2.35. The zero-order valence-corrected chi connectivity index (χ0v) is 15.7. The first-order chi connectivity index (χ1) is 13.8. The molecule has 6 nitrogen and oxygen atoms in total. The summed E-state index contributed by atoms with van der Waals surface area (Å²) in [5, 5.41) is 1.98. The molecule has 1 amide bonds. The Morgan fingerprint density at radius 3 is 2.46 bits per heavy atom. The molecule has 0 bridgehead atoms. The van der Waals surface area contributed by atoms with Crippen molar-refractivity contribution < 1.29 is 4.79 Å². The molecule has 0 atom stereocenters. The Morgan fingerprint density at radius 2 is 1.71 bits per heavy atom. The monoisotopic (exact) mass is 373 g/mol. The molecule has 6 heteroatoms. The van der Waals surface area contributed by atoms with Gasteiger partial charge in [-0.15, -0.1) is 0 Å². The van der Waals surface area contributed by atoms with E-state index < -0.39 is 0 Å². The van der Waals surface area contributed by atoms with Crippen LogP contribution in [0.25, 0.3) is 10.8 Å². The molecule has 1 aliphatic heterocycles. The number of amides is 1. The minimum atomic E-state index is 0.0373. The van der Waals surface area contributed by atoms with Crippen LogP contribution in [0.3, 0.4) is 0 Å². The van der Waals surface area contributed by atoms with E-state index in [0.29, 0.717) is 17.8 Å². The van der Waals surface area contributed by atoms with Gasteiger partial charge in [0.15, 0.2) is 0 Å². The number of aromatic nitrogens is 3. The van der Waals surface area contributed by atoms with Crippen molar-refractivity contribution in [3.63, 3.8) is 0 Å². The van der Waals surface area contributed by atoms with Crippen LogP contribution in [0, 0.1) is 0 Å². The number of pyridine rings is 1. The van der Waals surface area contributed by atoms with E-state index in [1.165, 1.54) is 12.8 Å². The lowest BCUT2D eigenvalue weighted by molar-refractivity contribution is 0.0708. The molecule has 1 saturated heterocycles. The number of piperidine rings is 1. The average molecular weight is 373 g/mol. The maximum Gasteiger partial charge on any atom is 0.273 e. The number of anilines is 1. The number of carbonyl (C=O) groups excluding carboxylic acids is 1. The second-order valence-corrected chi connectivity index (χ2v) is 7.61. The molecule has 3 heterocycles. The van der Waals surface area contributed by atoms with Gasteiger partial charge in [-0.1, -0.05) is 24.3 Å². The molecule has 2 fully saturated rings. The van der Waals surface area contributed by atoms with Crippen LogP contribution in [0.15, 0.2) is 55.1 Å². The molecule has 0 radical (unpaired) electrons. The van der Waals surface area contributed by atoms with Gasteiger partial charge in [-0.05, 0) is 43.2 Å². The Labute approximate surface area is 164 Å². The Morgan fingerprint density at radius 1 is 0.929 bits per heavy atom. The van der Waals surface area contributed by atoms with Crippen molar-refractivity contribution in [1.82, 2.24) is 19.9 Å². The predicted molar refractivity (Wildman–Crippen MR) is 108 cm³/mol. The second-order valence-electron chi connectivity index (χ2n) is 7.61. The SMILES string of the molecule is O=C(c1nccc2ccccc12)N1CCC(N(c2ccncn2)C2CC2)CC1. The Bertz CT molecular complexity index is 975. The van der Waals surface area contributed by atoms with E-state index in [9.17, 15) is 4.79 Å². The molecular formula is C22H23N5O. The van der Waals surface area contributed by atoms with Crippen molar-refractivity contribution in [1.29, 1.82) is 0 Å². The van der Waals surface area contributed by atoms with Crippen molar-refractivity contribution in [2.75, 3.05) is 18.0 Å². The lowest BCUT2D eigenvalue weighted by atomic mass is 10.0. The third-order valence-corrected chi connectivity index (χ3v) is 5.79. The molecule has 0 unspecified atom stereocenters. The minimum absolute atomic E-state index is 0.0373. The lowest BCUT2D eigenvalue weighted by Gasteiger charge is -2.39. The standard InChI is InChI=1S/C22H23N5O/c28-22(21-19-4-2-1-3-16(19)7-12-24-21)26-13-9-18(10-14-26)27(17-5-6-17)20-8-11-23-15-25-20/h1-4,7-8,11-12,15,17-18H,5-6,9-10,13-14H2. The Hall–Kier alpha value is -3.02. The van der Waals surface area contributed by atoms with Crippen LogP contribution >= 0.6 is 0 Å². The number of likely N-dealkylation sites (tertiary alicyclic amines) is 1. The molecule has 1 aromatic carbocycles. The van der Waals surface area contributed by atoms with Gasteiger partial charge in [0.1, 0.15) is 17.8 Å². The molecule has 2 aliphatic rings. The number of benzene rings is 1. The number of hydrogen-bond donors (Lipinski definition) is 0. The first-order valence-electron chi connectivity index (χ1n) is 9.98. The highest BCUT2D eigenvalue weighted by atomic mass is 16.2. The van der Waals surface area contributed by atoms with E-state index in [0.717, 1.165) is 42.5 Å². The van der Waals surface area contributed by atoms with Crippen LogP contribution in [0.1, 0.15) is 36.2 Å². The fourth-order valence-electron chi connectivity index (χ4n) is 4.25. The molecule has 2 aromatic heterocycles. The van der Waals surface area contributed by atoms with Crippen LogP contribution in [-0.2, 0) is 0 Å². The largest absolute Gasteiger partial charge is 0.350 e. The third-order valence-electron chi connectivity index (χ3n) is 5.79. The van der Waals surface area contributed by atoms with Crippen molar-refractivity contribution >= 4 is 22.5 Å². The maximum atomic E-state index is 13.1. The number of fused-ring (bicyclic) bond motifs is 1. The van der Waals surface area contributed by atoms with Gasteiger partial charge in [0.2, 0.25) is 0 Å². The summed E-state index contributed by atoms with van der Waals surface area (Å²) in [7, 11) is 0. The minimum Gasteiger partial charge on any atom is -0.350 e. The van der Waals surface area contributed by atoms with E-state index >= 15 is 0 Å². The van der Waals surface area contributed by atoms with E-state index in [4.69, 9.17) is 0 Å². The van der Waals surface area contributed by atoms with Gasteiger partial charge >= 0.3 is 0 Å². The lowest BCUT2D eigenvalue weighted by Crippen LogP contribution is -2.48. The summed E-state index contributed by atoms with van der Waals surface area (Å²) in [6.45, 7) is 1.51. The third kappa shape index (κ3) is 3.19. The summed E-state index contributed by atoms with van der Waals surface area (Å²) in [5.74, 6) is 1.05. The summed E-state index contributed by atoms with van der Waals surface area (Å²) >= 11 is 0. The van der Waals surface area contributed by atoms with Gasteiger partial charge in [-0.25, -0.2) is 9.97 Å². The first-order valence-corrected chi connectivity index (χ1v) is 9.98. The molecule has 3 aromatic rings. The van der Waals surface area contributed by atoms with Crippen molar-refractivity contribution in [2.45, 2.75) is 37.8 Å². The van der Waals surface area contributed by atoms with Gasteiger partial charge < -0.3 is 9.80 Å². The molecular weight excluding hydrogens is 350 g/mol.